The maximum Gasteiger partial charge on any atom is 0.240 e. The molecule has 0 spiro atoms. The molecule has 0 aromatic heterocycles. The Morgan fingerprint density at radius 3 is 2.63 bits per heavy atom. The number of primary amides is 1. The van der Waals surface area contributed by atoms with Crippen LogP contribution in [0.4, 0.5) is 0 Å². The van der Waals surface area contributed by atoms with Gasteiger partial charge in [-0.2, -0.15) is 0 Å². The van der Waals surface area contributed by atoms with Crippen LogP contribution in [-0.4, -0.2) is 28.9 Å². The second-order valence-electron chi connectivity index (χ2n) is 6.89. The average molecular weight is 265 g/mol. The Morgan fingerprint density at radius 2 is 2.11 bits per heavy atom. The topological polar surface area (TPSA) is 75.4 Å². The van der Waals surface area contributed by atoms with E-state index in [-0.39, 0.29) is 22.6 Å². The maximum atomic E-state index is 12.2. The molecule has 2 saturated carbocycles. The lowest BCUT2D eigenvalue weighted by atomic mass is 9.65. The Labute approximate surface area is 113 Å². The van der Waals surface area contributed by atoms with E-state index in [1.54, 1.807) is 0 Å². The van der Waals surface area contributed by atoms with E-state index in [1.165, 1.54) is 6.42 Å². The zero-order valence-electron chi connectivity index (χ0n) is 12.0. The van der Waals surface area contributed by atoms with Crippen LogP contribution in [0.1, 0.15) is 46.5 Å². The van der Waals surface area contributed by atoms with Crippen LogP contribution in [0.5, 0.6) is 0 Å². The molecule has 5 heteroatoms. The van der Waals surface area contributed by atoms with Crippen molar-refractivity contribution in [3.8, 4) is 0 Å². The fraction of sp³-hybridized carbons (Fsp3) is 0.857. The fourth-order valence-corrected chi connectivity index (χ4v) is 5.15. The fourth-order valence-electron chi connectivity index (χ4n) is 5.15. The molecule has 3 fully saturated rings. The van der Waals surface area contributed by atoms with Gasteiger partial charge >= 0.3 is 0 Å². The van der Waals surface area contributed by atoms with Gasteiger partial charge in [0.05, 0.1) is 0 Å². The first-order chi connectivity index (χ1) is 8.82. The predicted molar refractivity (Wildman–Crippen MR) is 70.6 cm³/mol. The third kappa shape index (κ3) is 1.16. The summed E-state index contributed by atoms with van der Waals surface area (Å²) in [5.41, 5.74) is 7.97. The minimum atomic E-state index is -0.685. The summed E-state index contributed by atoms with van der Waals surface area (Å²) in [6.45, 7) is 7.00. The number of piperidine rings is 1. The normalized spacial score (nSPS) is 47.6. The summed E-state index contributed by atoms with van der Waals surface area (Å²) in [4.78, 5) is 23.9. The smallest absolute Gasteiger partial charge is 0.240 e. The molecule has 4 atom stereocenters. The standard InChI is InChI=1S/C14H23N3O2/c1-4-10(18)16-17-8-12(2)9-5-6-13(12,3)14(17,7-9)11(15)19/h9H,4-8H2,1-3H3,(H2,15,19)(H,16,18)/t9-,12+,13+,14-/m1/s1. The van der Waals surface area contributed by atoms with Crippen molar-refractivity contribution in [2.45, 2.75) is 52.0 Å². The van der Waals surface area contributed by atoms with Gasteiger partial charge in [-0.1, -0.05) is 20.8 Å². The lowest BCUT2D eigenvalue weighted by Crippen LogP contribution is -2.66. The number of carbonyl (C=O) groups is 2. The SMILES string of the molecule is CCC(=O)NN1C[C@@]2(C)[C@@H]3CC[C@]2(C)[C@]1(C(N)=O)C3. The zero-order chi connectivity index (χ0) is 14.1. The summed E-state index contributed by atoms with van der Waals surface area (Å²) in [6, 6.07) is 0. The molecule has 1 aliphatic heterocycles. The molecule has 0 radical (unpaired) electrons. The molecule has 3 aliphatic rings. The summed E-state index contributed by atoms with van der Waals surface area (Å²) < 4.78 is 0. The summed E-state index contributed by atoms with van der Waals surface area (Å²) in [5.74, 6) is 0.230. The van der Waals surface area contributed by atoms with E-state index in [9.17, 15) is 9.59 Å². The molecule has 1 heterocycles. The maximum absolute atomic E-state index is 12.2. The number of rotatable bonds is 3. The molecule has 19 heavy (non-hydrogen) atoms. The summed E-state index contributed by atoms with van der Waals surface area (Å²) >= 11 is 0. The second-order valence-corrected chi connectivity index (χ2v) is 6.89. The minimum absolute atomic E-state index is 0.0451. The van der Waals surface area contributed by atoms with Crippen LogP contribution < -0.4 is 11.2 Å². The van der Waals surface area contributed by atoms with Crippen molar-refractivity contribution in [2.24, 2.45) is 22.5 Å². The number of carbonyl (C=O) groups excluding carboxylic acids is 2. The monoisotopic (exact) mass is 265 g/mol. The van der Waals surface area contributed by atoms with Crippen LogP contribution in [0.3, 0.4) is 0 Å². The molecular formula is C14H23N3O2. The first-order valence-electron chi connectivity index (χ1n) is 7.19. The van der Waals surface area contributed by atoms with Gasteiger partial charge in [0.25, 0.3) is 0 Å². The predicted octanol–water partition coefficient (Wildman–Crippen LogP) is 0.794. The van der Waals surface area contributed by atoms with E-state index in [0.717, 1.165) is 19.4 Å². The Bertz CT molecular complexity index is 466. The molecule has 3 N–H and O–H groups in total. The Hall–Kier alpha value is -1.10. The van der Waals surface area contributed by atoms with Gasteiger partial charge in [-0.3, -0.25) is 15.0 Å². The lowest BCUT2D eigenvalue weighted by Gasteiger charge is -2.45. The molecule has 0 unspecified atom stereocenters. The first-order valence-corrected chi connectivity index (χ1v) is 7.19. The van der Waals surface area contributed by atoms with E-state index in [2.05, 4.69) is 19.3 Å². The van der Waals surface area contributed by atoms with Crippen LogP contribution in [0.2, 0.25) is 0 Å². The van der Waals surface area contributed by atoms with Crippen LogP contribution in [0.15, 0.2) is 0 Å². The van der Waals surface area contributed by atoms with Crippen LogP contribution in [-0.2, 0) is 9.59 Å². The van der Waals surface area contributed by atoms with Gasteiger partial charge in [0.15, 0.2) is 0 Å². The minimum Gasteiger partial charge on any atom is -0.368 e. The largest absolute Gasteiger partial charge is 0.368 e. The molecule has 0 aromatic rings. The highest BCUT2D eigenvalue weighted by Crippen LogP contribution is 2.75. The third-order valence-corrected chi connectivity index (χ3v) is 6.54. The van der Waals surface area contributed by atoms with Gasteiger partial charge < -0.3 is 5.73 Å². The summed E-state index contributed by atoms with van der Waals surface area (Å²) in [6.07, 6.45) is 3.41. The van der Waals surface area contributed by atoms with Gasteiger partial charge in [-0.15, -0.1) is 0 Å². The van der Waals surface area contributed by atoms with Crippen molar-refractivity contribution in [2.75, 3.05) is 6.54 Å². The molecule has 4 bridgehead atoms. The number of hydrogen-bond donors (Lipinski definition) is 2. The van der Waals surface area contributed by atoms with Gasteiger partial charge in [0.2, 0.25) is 11.8 Å². The number of hydrogen-bond acceptors (Lipinski definition) is 3. The molecular weight excluding hydrogens is 242 g/mol. The van der Waals surface area contributed by atoms with E-state index in [4.69, 9.17) is 5.73 Å². The van der Waals surface area contributed by atoms with Crippen LogP contribution >= 0.6 is 0 Å². The summed E-state index contributed by atoms with van der Waals surface area (Å²) in [7, 11) is 0. The van der Waals surface area contributed by atoms with E-state index in [1.807, 2.05) is 11.9 Å². The van der Waals surface area contributed by atoms with Crippen LogP contribution in [0, 0.1) is 16.7 Å². The quantitative estimate of drug-likeness (QED) is 0.792. The van der Waals surface area contributed by atoms with E-state index >= 15 is 0 Å². The van der Waals surface area contributed by atoms with E-state index < -0.39 is 5.54 Å². The van der Waals surface area contributed by atoms with Gasteiger partial charge in [0, 0.05) is 18.4 Å². The number of hydrazine groups is 1. The Morgan fingerprint density at radius 1 is 1.42 bits per heavy atom. The molecule has 106 valence electrons. The van der Waals surface area contributed by atoms with E-state index in [0.29, 0.717) is 12.3 Å². The molecule has 2 aliphatic carbocycles. The van der Waals surface area contributed by atoms with Crippen molar-refractivity contribution in [3.63, 3.8) is 0 Å². The average Bonchev–Trinajstić information content (AvgIpc) is 2.79. The van der Waals surface area contributed by atoms with Crippen molar-refractivity contribution in [1.29, 1.82) is 0 Å². The molecule has 2 amide bonds. The molecule has 5 nitrogen and oxygen atoms in total. The third-order valence-electron chi connectivity index (χ3n) is 6.54. The van der Waals surface area contributed by atoms with Gasteiger partial charge in [-0.25, -0.2) is 5.01 Å². The van der Waals surface area contributed by atoms with Crippen molar-refractivity contribution in [1.82, 2.24) is 10.4 Å². The first kappa shape index (κ1) is 12.9. The highest BCUT2D eigenvalue weighted by Gasteiger charge is 2.80. The molecule has 1 saturated heterocycles. The van der Waals surface area contributed by atoms with Gasteiger partial charge in [0.1, 0.15) is 5.54 Å². The Balaban J connectivity index is 2.03. The molecule has 0 aromatic carbocycles. The van der Waals surface area contributed by atoms with Crippen molar-refractivity contribution < 1.29 is 9.59 Å². The lowest BCUT2D eigenvalue weighted by molar-refractivity contribution is -0.144. The zero-order valence-corrected chi connectivity index (χ0v) is 12.0. The number of nitrogens with one attached hydrogen (secondary N) is 1. The second kappa shape index (κ2) is 3.51. The van der Waals surface area contributed by atoms with Crippen LogP contribution in [0.25, 0.3) is 0 Å². The number of nitrogens with zero attached hydrogens (tertiary/aromatic N) is 1. The summed E-state index contributed by atoms with van der Waals surface area (Å²) in [5, 5.41) is 1.86. The van der Waals surface area contributed by atoms with Gasteiger partial charge in [-0.05, 0) is 30.6 Å². The molecule has 3 rings (SSSR count). The Kier molecular flexibility index (Phi) is 2.38. The number of amides is 2. The highest BCUT2D eigenvalue weighted by molar-refractivity contribution is 5.88. The number of nitrogens with two attached hydrogens (primary N) is 1. The highest BCUT2D eigenvalue weighted by atomic mass is 16.2. The van der Waals surface area contributed by atoms with Crippen molar-refractivity contribution in [3.05, 3.63) is 0 Å². The van der Waals surface area contributed by atoms with Crippen molar-refractivity contribution >= 4 is 11.8 Å².